The minimum Gasteiger partial charge on any atom is -0.360 e. The maximum atomic E-state index is 12.8. The number of imidazole rings is 1. The molecule has 0 aliphatic heterocycles. The van der Waals surface area contributed by atoms with Gasteiger partial charge in [0.15, 0.2) is 5.69 Å². The van der Waals surface area contributed by atoms with Gasteiger partial charge in [-0.3, -0.25) is 10.1 Å². The van der Waals surface area contributed by atoms with Crippen molar-refractivity contribution in [3.63, 3.8) is 0 Å². The quantitative estimate of drug-likeness (QED) is 0.385. The van der Waals surface area contributed by atoms with Crippen molar-refractivity contribution in [2.45, 2.75) is 12.7 Å². The van der Waals surface area contributed by atoms with Crippen LogP contribution in [0.25, 0.3) is 11.4 Å². The molecule has 0 bridgehead atoms. The predicted molar refractivity (Wildman–Crippen MR) is 94.7 cm³/mol. The van der Waals surface area contributed by atoms with Crippen molar-refractivity contribution in [3.05, 3.63) is 63.3 Å². The molecule has 0 spiro atoms. The second-order valence-corrected chi connectivity index (χ2v) is 6.08. The molecule has 0 unspecified atom stereocenters. The second-order valence-electron chi connectivity index (χ2n) is 5.74. The van der Waals surface area contributed by atoms with Gasteiger partial charge in [-0.2, -0.15) is 18.2 Å². The van der Waals surface area contributed by atoms with Gasteiger partial charge in [-0.05, 0) is 17.2 Å². The number of anilines is 1. The van der Waals surface area contributed by atoms with Crippen LogP contribution in [0, 0.1) is 10.1 Å². The first-order valence-corrected chi connectivity index (χ1v) is 8.13. The SMILES string of the molecule is Cn1cc(C(F)(F)F)nc1-c1ccc(CNc2nc(Cl)ncc2[N+](=O)[O-])cc1. The number of aromatic nitrogens is 4. The highest BCUT2D eigenvalue weighted by atomic mass is 35.5. The van der Waals surface area contributed by atoms with Crippen LogP contribution in [0.15, 0.2) is 36.7 Å². The first-order chi connectivity index (χ1) is 13.1. The maximum Gasteiger partial charge on any atom is 0.434 e. The zero-order valence-electron chi connectivity index (χ0n) is 14.2. The highest BCUT2D eigenvalue weighted by Crippen LogP contribution is 2.30. The van der Waals surface area contributed by atoms with Crippen LogP contribution in [0.5, 0.6) is 0 Å². The highest BCUT2D eigenvalue weighted by Gasteiger charge is 2.34. The van der Waals surface area contributed by atoms with Crippen LogP contribution in [0.4, 0.5) is 24.7 Å². The average molecular weight is 413 g/mol. The molecule has 8 nitrogen and oxygen atoms in total. The van der Waals surface area contributed by atoms with Crippen LogP contribution in [-0.2, 0) is 19.8 Å². The number of hydrogen-bond acceptors (Lipinski definition) is 6. The van der Waals surface area contributed by atoms with Gasteiger partial charge in [-0.15, -0.1) is 0 Å². The molecule has 1 aromatic carbocycles. The van der Waals surface area contributed by atoms with Crippen LogP contribution in [0.1, 0.15) is 11.3 Å². The van der Waals surface area contributed by atoms with Gasteiger partial charge in [0.2, 0.25) is 11.1 Å². The summed E-state index contributed by atoms with van der Waals surface area (Å²) in [5.74, 6) is 0.137. The Labute approximate surface area is 161 Å². The third kappa shape index (κ3) is 4.19. The van der Waals surface area contributed by atoms with Gasteiger partial charge in [0.25, 0.3) is 0 Å². The molecule has 0 saturated carbocycles. The number of nitrogens with one attached hydrogen (secondary N) is 1. The number of nitrogens with zero attached hydrogens (tertiary/aromatic N) is 5. The van der Waals surface area contributed by atoms with E-state index in [0.29, 0.717) is 5.56 Å². The van der Waals surface area contributed by atoms with Crippen LogP contribution >= 0.6 is 11.6 Å². The summed E-state index contributed by atoms with van der Waals surface area (Å²) in [7, 11) is 1.48. The van der Waals surface area contributed by atoms with Gasteiger partial charge in [0, 0.05) is 25.4 Å². The Morgan fingerprint density at radius 3 is 2.50 bits per heavy atom. The minimum absolute atomic E-state index is 0.0343. The van der Waals surface area contributed by atoms with E-state index in [0.717, 1.165) is 18.0 Å². The third-order valence-corrected chi connectivity index (χ3v) is 3.96. The molecule has 0 amide bonds. The molecule has 28 heavy (non-hydrogen) atoms. The molecule has 0 aliphatic rings. The lowest BCUT2D eigenvalue weighted by atomic mass is 10.1. The van der Waals surface area contributed by atoms with Crippen molar-refractivity contribution < 1.29 is 18.1 Å². The van der Waals surface area contributed by atoms with E-state index in [1.54, 1.807) is 24.3 Å². The molecule has 0 aliphatic carbocycles. The van der Waals surface area contributed by atoms with E-state index in [1.807, 2.05) is 0 Å². The fourth-order valence-electron chi connectivity index (χ4n) is 2.45. The van der Waals surface area contributed by atoms with Crippen molar-refractivity contribution in [2.75, 3.05) is 5.32 Å². The molecule has 0 saturated heterocycles. The highest BCUT2D eigenvalue weighted by molar-refractivity contribution is 6.28. The summed E-state index contributed by atoms with van der Waals surface area (Å²) in [6.45, 7) is 0.183. The maximum absolute atomic E-state index is 12.8. The summed E-state index contributed by atoms with van der Waals surface area (Å²) in [5, 5.41) is 13.7. The summed E-state index contributed by atoms with van der Waals surface area (Å²) in [6.07, 6.45) is -2.60. The Morgan fingerprint density at radius 1 is 1.25 bits per heavy atom. The van der Waals surface area contributed by atoms with Gasteiger partial charge >= 0.3 is 11.9 Å². The Bertz CT molecular complexity index is 1020. The Kier molecular flexibility index (Phi) is 5.18. The third-order valence-electron chi connectivity index (χ3n) is 3.78. The smallest absolute Gasteiger partial charge is 0.360 e. The standard InChI is InChI=1S/C16H12ClF3N6O2/c1-25-8-12(16(18,19)20)23-14(25)10-4-2-9(3-5-10)6-21-13-11(26(27)28)7-22-15(17)24-13/h2-5,7-8H,6H2,1H3,(H,21,22,24). The lowest BCUT2D eigenvalue weighted by Crippen LogP contribution is -2.06. The molecule has 0 radical (unpaired) electrons. The van der Waals surface area contributed by atoms with Crippen LogP contribution in [-0.4, -0.2) is 24.4 Å². The van der Waals surface area contributed by atoms with Crippen molar-refractivity contribution in [1.82, 2.24) is 19.5 Å². The van der Waals surface area contributed by atoms with Crippen molar-refractivity contribution in [3.8, 4) is 11.4 Å². The number of rotatable bonds is 5. The van der Waals surface area contributed by atoms with E-state index >= 15 is 0 Å². The van der Waals surface area contributed by atoms with Gasteiger partial charge in [-0.1, -0.05) is 24.3 Å². The van der Waals surface area contributed by atoms with Gasteiger partial charge in [0.05, 0.1) is 4.92 Å². The summed E-state index contributed by atoms with van der Waals surface area (Å²) in [5.41, 5.74) is -0.0757. The molecule has 2 heterocycles. The van der Waals surface area contributed by atoms with Crippen molar-refractivity contribution >= 4 is 23.1 Å². The molecule has 12 heteroatoms. The second kappa shape index (κ2) is 7.43. The van der Waals surface area contributed by atoms with Crippen LogP contribution < -0.4 is 5.32 Å². The first-order valence-electron chi connectivity index (χ1n) is 7.76. The lowest BCUT2D eigenvalue weighted by molar-refractivity contribution is -0.384. The zero-order valence-corrected chi connectivity index (χ0v) is 15.0. The molecule has 0 fully saturated rings. The molecule has 1 N–H and O–H groups in total. The summed E-state index contributed by atoms with van der Waals surface area (Å²) < 4.78 is 39.7. The molecular formula is C16H12ClF3N6O2. The van der Waals surface area contributed by atoms with Gasteiger partial charge in [-0.25, -0.2) is 9.97 Å². The summed E-state index contributed by atoms with van der Waals surface area (Å²) in [4.78, 5) is 21.4. The number of aryl methyl sites for hydroxylation is 1. The number of halogens is 4. The monoisotopic (exact) mass is 412 g/mol. The Balaban J connectivity index is 1.77. The number of nitro groups is 1. The molecule has 0 atom stereocenters. The van der Waals surface area contributed by atoms with Crippen molar-refractivity contribution in [1.29, 1.82) is 0 Å². The average Bonchev–Trinajstić information content (AvgIpc) is 3.02. The zero-order chi connectivity index (χ0) is 20.5. The van der Waals surface area contributed by atoms with Gasteiger partial charge < -0.3 is 9.88 Å². The molecule has 3 rings (SSSR count). The van der Waals surface area contributed by atoms with E-state index < -0.39 is 16.8 Å². The summed E-state index contributed by atoms with van der Waals surface area (Å²) in [6, 6.07) is 6.56. The minimum atomic E-state index is -4.52. The normalized spacial score (nSPS) is 11.5. The molecule has 3 aromatic rings. The number of hydrogen-bond donors (Lipinski definition) is 1. The van der Waals surface area contributed by atoms with Crippen LogP contribution in [0.3, 0.4) is 0 Å². The fourth-order valence-corrected chi connectivity index (χ4v) is 2.58. The fraction of sp³-hybridized carbons (Fsp3) is 0.188. The van der Waals surface area contributed by atoms with E-state index in [-0.39, 0.29) is 29.2 Å². The van der Waals surface area contributed by atoms with E-state index in [4.69, 9.17) is 11.6 Å². The first kappa shape index (κ1) is 19.5. The van der Waals surface area contributed by atoms with Crippen LogP contribution in [0.2, 0.25) is 5.28 Å². The summed E-state index contributed by atoms with van der Waals surface area (Å²) >= 11 is 5.67. The lowest BCUT2D eigenvalue weighted by Gasteiger charge is -2.07. The van der Waals surface area contributed by atoms with E-state index in [9.17, 15) is 23.3 Å². The molecule has 146 valence electrons. The molecule has 2 aromatic heterocycles. The topological polar surface area (TPSA) is 98.8 Å². The van der Waals surface area contributed by atoms with E-state index in [2.05, 4.69) is 20.3 Å². The van der Waals surface area contributed by atoms with Gasteiger partial charge in [0.1, 0.15) is 12.0 Å². The Morgan fingerprint density at radius 2 is 1.93 bits per heavy atom. The number of benzene rings is 1. The predicted octanol–water partition coefficient (Wildman–Crippen LogP) is 4.07. The van der Waals surface area contributed by atoms with Crippen molar-refractivity contribution in [2.24, 2.45) is 7.05 Å². The largest absolute Gasteiger partial charge is 0.434 e. The van der Waals surface area contributed by atoms with E-state index in [1.165, 1.54) is 11.6 Å². The molecular weight excluding hydrogens is 401 g/mol. The Hall–Kier alpha value is -3.21. The number of alkyl halides is 3.